The molecule has 0 radical (unpaired) electrons. The molecule has 0 bridgehead atoms. The van der Waals surface area contributed by atoms with Gasteiger partial charge in [-0.3, -0.25) is 4.79 Å². The van der Waals surface area contributed by atoms with Crippen molar-refractivity contribution < 1.29 is 9.18 Å². The highest BCUT2D eigenvalue weighted by Crippen LogP contribution is 2.21. The fourth-order valence-corrected chi connectivity index (χ4v) is 3.29. The van der Waals surface area contributed by atoms with Gasteiger partial charge in [0.05, 0.1) is 11.3 Å². The van der Waals surface area contributed by atoms with Gasteiger partial charge in [0, 0.05) is 46.0 Å². The summed E-state index contributed by atoms with van der Waals surface area (Å²) in [6.07, 6.45) is 3.91. The van der Waals surface area contributed by atoms with Gasteiger partial charge in [0.25, 0.3) is 5.91 Å². The molecule has 0 saturated carbocycles. The van der Waals surface area contributed by atoms with Crippen LogP contribution in [-0.4, -0.2) is 55.6 Å². The standard InChI is InChI=1S/C21H27FN4O/c1-3-4-11-24(2)20-10-9-17(16-23-20)21(27)26-14-12-25(13-15-26)19-8-6-5-7-18(19)22/h5-10,16H,3-4,11-15H2,1-2H3. The van der Waals surface area contributed by atoms with Gasteiger partial charge in [0.1, 0.15) is 11.6 Å². The fourth-order valence-electron chi connectivity index (χ4n) is 3.29. The number of nitrogens with zero attached hydrogens (tertiary/aromatic N) is 4. The fraction of sp³-hybridized carbons (Fsp3) is 0.429. The lowest BCUT2D eigenvalue weighted by atomic mass is 10.2. The molecule has 3 rings (SSSR count). The van der Waals surface area contributed by atoms with E-state index in [1.54, 1.807) is 18.3 Å². The van der Waals surface area contributed by atoms with E-state index in [9.17, 15) is 9.18 Å². The molecule has 6 heteroatoms. The lowest BCUT2D eigenvalue weighted by molar-refractivity contribution is 0.0746. The highest BCUT2D eigenvalue weighted by Gasteiger charge is 2.23. The minimum absolute atomic E-state index is 0.0153. The Balaban J connectivity index is 1.58. The van der Waals surface area contributed by atoms with Crippen molar-refractivity contribution in [2.75, 3.05) is 49.6 Å². The van der Waals surface area contributed by atoms with E-state index in [4.69, 9.17) is 0 Å². The van der Waals surface area contributed by atoms with Crippen LogP contribution in [-0.2, 0) is 0 Å². The molecule has 27 heavy (non-hydrogen) atoms. The number of halogens is 1. The maximum absolute atomic E-state index is 13.9. The van der Waals surface area contributed by atoms with Gasteiger partial charge in [-0.05, 0) is 30.7 Å². The van der Waals surface area contributed by atoms with E-state index < -0.39 is 0 Å². The molecule has 0 aliphatic carbocycles. The van der Waals surface area contributed by atoms with Crippen LogP contribution in [0.5, 0.6) is 0 Å². The van der Waals surface area contributed by atoms with Crippen LogP contribution >= 0.6 is 0 Å². The Bertz CT molecular complexity index is 757. The van der Waals surface area contributed by atoms with Crippen LogP contribution in [0.1, 0.15) is 30.1 Å². The maximum atomic E-state index is 13.9. The van der Waals surface area contributed by atoms with Crippen molar-refractivity contribution in [2.45, 2.75) is 19.8 Å². The lowest BCUT2D eigenvalue weighted by Crippen LogP contribution is -2.49. The van der Waals surface area contributed by atoms with Crippen molar-refractivity contribution in [3.8, 4) is 0 Å². The van der Waals surface area contributed by atoms with Crippen molar-refractivity contribution in [1.29, 1.82) is 0 Å². The minimum Gasteiger partial charge on any atom is -0.366 e. The highest BCUT2D eigenvalue weighted by molar-refractivity contribution is 5.94. The van der Waals surface area contributed by atoms with Gasteiger partial charge in [-0.25, -0.2) is 9.37 Å². The first-order valence-electron chi connectivity index (χ1n) is 9.56. The monoisotopic (exact) mass is 370 g/mol. The Labute approximate surface area is 160 Å². The summed E-state index contributed by atoms with van der Waals surface area (Å²) in [4.78, 5) is 23.1. The Kier molecular flexibility index (Phi) is 6.27. The van der Waals surface area contributed by atoms with Gasteiger partial charge in [-0.1, -0.05) is 25.5 Å². The van der Waals surface area contributed by atoms with Gasteiger partial charge in [0.15, 0.2) is 0 Å². The van der Waals surface area contributed by atoms with Crippen LogP contribution in [0.15, 0.2) is 42.6 Å². The predicted octanol–water partition coefficient (Wildman–Crippen LogP) is 3.42. The van der Waals surface area contributed by atoms with Crippen LogP contribution in [0.3, 0.4) is 0 Å². The molecule has 1 saturated heterocycles. The topological polar surface area (TPSA) is 39.7 Å². The molecular formula is C21H27FN4O. The molecule has 1 aliphatic rings. The largest absolute Gasteiger partial charge is 0.366 e. The van der Waals surface area contributed by atoms with Gasteiger partial charge >= 0.3 is 0 Å². The number of hydrogen-bond donors (Lipinski definition) is 0. The average molecular weight is 370 g/mol. The summed E-state index contributed by atoms with van der Waals surface area (Å²) < 4.78 is 13.9. The molecule has 1 amide bonds. The molecule has 0 unspecified atom stereocenters. The molecule has 0 atom stereocenters. The zero-order valence-corrected chi connectivity index (χ0v) is 16.1. The number of para-hydroxylation sites is 1. The average Bonchev–Trinajstić information content (AvgIpc) is 2.72. The maximum Gasteiger partial charge on any atom is 0.255 e. The van der Waals surface area contributed by atoms with Crippen LogP contribution in [0, 0.1) is 5.82 Å². The quantitative estimate of drug-likeness (QED) is 0.781. The first-order chi connectivity index (χ1) is 13.1. The number of piperazine rings is 1. The molecule has 1 fully saturated rings. The van der Waals surface area contributed by atoms with E-state index >= 15 is 0 Å². The number of carbonyl (C=O) groups excluding carboxylic acids is 1. The number of hydrogen-bond acceptors (Lipinski definition) is 4. The molecule has 0 N–H and O–H groups in total. The number of pyridine rings is 1. The highest BCUT2D eigenvalue weighted by atomic mass is 19.1. The molecule has 5 nitrogen and oxygen atoms in total. The molecule has 1 aromatic carbocycles. The molecule has 2 aromatic rings. The van der Waals surface area contributed by atoms with Crippen LogP contribution < -0.4 is 9.80 Å². The van der Waals surface area contributed by atoms with Gasteiger partial charge in [-0.15, -0.1) is 0 Å². The lowest BCUT2D eigenvalue weighted by Gasteiger charge is -2.36. The second-order valence-corrected chi connectivity index (χ2v) is 6.91. The zero-order valence-electron chi connectivity index (χ0n) is 16.1. The van der Waals surface area contributed by atoms with Crippen molar-refractivity contribution in [1.82, 2.24) is 9.88 Å². The summed E-state index contributed by atoms with van der Waals surface area (Å²) in [5.74, 6) is 0.645. The van der Waals surface area contributed by atoms with E-state index in [0.717, 1.165) is 25.2 Å². The number of amides is 1. The Hall–Kier alpha value is -2.63. The third-order valence-corrected chi connectivity index (χ3v) is 4.99. The van der Waals surface area contributed by atoms with Crippen molar-refractivity contribution in [3.05, 3.63) is 54.0 Å². The normalized spacial score (nSPS) is 14.3. The van der Waals surface area contributed by atoms with E-state index in [1.165, 1.54) is 6.07 Å². The minimum atomic E-state index is -0.218. The summed E-state index contributed by atoms with van der Waals surface area (Å²) in [5, 5.41) is 0. The Morgan fingerprint density at radius 3 is 2.52 bits per heavy atom. The third-order valence-electron chi connectivity index (χ3n) is 4.99. The van der Waals surface area contributed by atoms with E-state index in [-0.39, 0.29) is 11.7 Å². The van der Waals surface area contributed by atoms with Gasteiger partial charge in [-0.2, -0.15) is 0 Å². The summed E-state index contributed by atoms with van der Waals surface area (Å²) in [5.41, 5.74) is 1.20. The van der Waals surface area contributed by atoms with Crippen molar-refractivity contribution >= 4 is 17.4 Å². The third kappa shape index (κ3) is 4.56. The van der Waals surface area contributed by atoms with Crippen LogP contribution in [0.4, 0.5) is 15.9 Å². The number of rotatable bonds is 6. The second-order valence-electron chi connectivity index (χ2n) is 6.91. The molecule has 1 aliphatic heterocycles. The number of anilines is 2. The van der Waals surface area contributed by atoms with E-state index in [1.807, 2.05) is 35.0 Å². The number of unbranched alkanes of at least 4 members (excludes halogenated alkanes) is 1. The van der Waals surface area contributed by atoms with Crippen LogP contribution in [0.25, 0.3) is 0 Å². The molecular weight excluding hydrogens is 343 g/mol. The predicted molar refractivity (Wildman–Crippen MR) is 107 cm³/mol. The van der Waals surface area contributed by atoms with E-state index in [2.05, 4.69) is 16.8 Å². The summed E-state index contributed by atoms with van der Waals surface area (Å²) in [7, 11) is 2.02. The van der Waals surface area contributed by atoms with Crippen molar-refractivity contribution in [3.63, 3.8) is 0 Å². The zero-order chi connectivity index (χ0) is 19.2. The SMILES string of the molecule is CCCCN(C)c1ccc(C(=O)N2CCN(c3ccccc3F)CC2)cn1. The Morgan fingerprint density at radius 1 is 1.15 bits per heavy atom. The molecule has 1 aromatic heterocycles. The first-order valence-corrected chi connectivity index (χ1v) is 9.56. The van der Waals surface area contributed by atoms with Gasteiger partial charge < -0.3 is 14.7 Å². The number of benzene rings is 1. The van der Waals surface area contributed by atoms with E-state index in [0.29, 0.717) is 37.4 Å². The number of carbonyl (C=O) groups is 1. The summed E-state index contributed by atoms with van der Waals surface area (Å²) in [6.45, 7) is 5.51. The number of aromatic nitrogens is 1. The smallest absolute Gasteiger partial charge is 0.255 e. The second kappa shape index (κ2) is 8.84. The Morgan fingerprint density at radius 2 is 1.89 bits per heavy atom. The molecule has 144 valence electrons. The summed E-state index contributed by atoms with van der Waals surface area (Å²) >= 11 is 0. The van der Waals surface area contributed by atoms with Crippen molar-refractivity contribution in [2.24, 2.45) is 0 Å². The van der Waals surface area contributed by atoms with Crippen LogP contribution in [0.2, 0.25) is 0 Å². The first kappa shape index (κ1) is 19.1. The van der Waals surface area contributed by atoms with Gasteiger partial charge in [0.2, 0.25) is 0 Å². The summed E-state index contributed by atoms with van der Waals surface area (Å²) in [6, 6.07) is 10.5. The molecule has 2 heterocycles. The molecule has 0 spiro atoms.